The zero-order valence-electron chi connectivity index (χ0n) is 12.0. The van der Waals surface area contributed by atoms with Gasteiger partial charge in [-0.2, -0.15) is 0 Å². The number of thioether (sulfide) groups is 1. The number of benzene rings is 2. The summed E-state index contributed by atoms with van der Waals surface area (Å²) in [4.78, 5) is 34.2. The fourth-order valence-corrected chi connectivity index (χ4v) is 4.26. The Bertz CT molecular complexity index is 887. The zero-order chi connectivity index (χ0) is 15.6. The number of anilines is 2. The maximum Gasteiger partial charge on any atom is 0.266 e. The van der Waals surface area contributed by atoms with Crippen LogP contribution < -0.4 is 9.80 Å². The molecule has 6 heteroatoms. The Kier molecular flexibility index (Phi) is 2.50. The Morgan fingerprint density at radius 2 is 1.74 bits per heavy atom. The third-order valence-corrected chi connectivity index (χ3v) is 5.39. The van der Waals surface area contributed by atoms with Crippen molar-refractivity contribution in [2.75, 3.05) is 22.9 Å². The van der Waals surface area contributed by atoms with Gasteiger partial charge in [-0.1, -0.05) is 12.1 Å². The molecule has 5 nitrogen and oxygen atoms in total. The fourth-order valence-electron chi connectivity index (χ4n) is 3.20. The molecule has 0 bridgehead atoms. The monoisotopic (exact) mass is 321 g/mol. The molecule has 2 aromatic carbocycles. The molecule has 0 N–H and O–H groups in total. The van der Waals surface area contributed by atoms with Gasteiger partial charge in [0.2, 0.25) is 0 Å². The van der Waals surface area contributed by atoms with Gasteiger partial charge in [0.1, 0.15) is 0 Å². The van der Waals surface area contributed by atoms with Gasteiger partial charge in [0.05, 0.1) is 29.0 Å². The van der Waals surface area contributed by atoms with E-state index < -0.39 is 0 Å². The molecular formula is C17H11N3O2S. The van der Waals surface area contributed by atoms with E-state index in [1.54, 1.807) is 36.0 Å². The summed E-state index contributed by atoms with van der Waals surface area (Å²) in [5, 5.41) is 1.000. The van der Waals surface area contributed by atoms with Crippen LogP contribution in [0.2, 0.25) is 0 Å². The van der Waals surface area contributed by atoms with Gasteiger partial charge in [-0.3, -0.25) is 14.6 Å². The summed E-state index contributed by atoms with van der Waals surface area (Å²) in [5.41, 5.74) is 2.58. The van der Waals surface area contributed by atoms with E-state index in [1.165, 1.54) is 4.90 Å². The van der Waals surface area contributed by atoms with Crippen LogP contribution >= 0.6 is 11.8 Å². The van der Waals surface area contributed by atoms with Gasteiger partial charge in [-0.05, 0) is 42.1 Å². The number of amidine groups is 1. The van der Waals surface area contributed by atoms with Gasteiger partial charge < -0.3 is 4.90 Å². The van der Waals surface area contributed by atoms with Crippen molar-refractivity contribution in [3.8, 4) is 0 Å². The molecule has 2 amide bonds. The van der Waals surface area contributed by atoms with E-state index in [-0.39, 0.29) is 11.8 Å². The van der Waals surface area contributed by atoms with Crippen LogP contribution in [-0.4, -0.2) is 30.1 Å². The number of carbonyl (C=O) groups is 2. The smallest absolute Gasteiger partial charge is 0.266 e. The quantitative estimate of drug-likeness (QED) is 0.758. The highest BCUT2D eigenvalue weighted by Crippen LogP contribution is 2.44. The largest absolute Gasteiger partial charge is 0.318 e. The van der Waals surface area contributed by atoms with Crippen LogP contribution in [0, 0.1) is 0 Å². The highest BCUT2D eigenvalue weighted by atomic mass is 32.2. The first-order valence-corrected chi connectivity index (χ1v) is 8.17. The molecule has 3 aliphatic rings. The Hall–Kier alpha value is -2.60. The van der Waals surface area contributed by atoms with Crippen LogP contribution in [-0.2, 0) is 0 Å². The number of hydrogen-bond donors (Lipinski definition) is 0. The van der Waals surface area contributed by atoms with Gasteiger partial charge in [0.25, 0.3) is 11.8 Å². The van der Waals surface area contributed by atoms with Gasteiger partial charge in [-0.25, -0.2) is 4.90 Å². The minimum Gasteiger partial charge on any atom is -0.318 e. The Morgan fingerprint density at radius 3 is 2.48 bits per heavy atom. The number of imide groups is 1. The van der Waals surface area contributed by atoms with Crippen molar-refractivity contribution in [3.63, 3.8) is 0 Å². The maximum atomic E-state index is 12.6. The Labute approximate surface area is 136 Å². The summed E-state index contributed by atoms with van der Waals surface area (Å²) in [7, 11) is 0. The van der Waals surface area contributed by atoms with Crippen LogP contribution in [0.4, 0.5) is 11.4 Å². The van der Waals surface area contributed by atoms with Gasteiger partial charge in [0, 0.05) is 11.4 Å². The fraction of sp³-hybridized carbons (Fsp3) is 0.118. The molecule has 2 aromatic rings. The van der Waals surface area contributed by atoms with Crippen LogP contribution in [0.25, 0.3) is 0 Å². The molecule has 23 heavy (non-hydrogen) atoms. The van der Waals surface area contributed by atoms with Crippen molar-refractivity contribution < 1.29 is 9.59 Å². The van der Waals surface area contributed by atoms with E-state index in [2.05, 4.69) is 9.89 Å². The summed E-state index contributed by atoms with van der Waals surface area (Å²) < 4.78 is 0. The minimum atomic E-state index is -0.258. The van der Waals surface area contributed by atoms with Crippen molar-refractivity contribution in [1.82, 2.24) is 0 Å². The molecule has 0 radical (unpaired) electrons. The Balaban J connectivity index is 1.60. The van der Waals surface area contributed by atoms with Crippen LogP contribution in [0.5, 0.6) is 0 Å². The molecule has 0 fully saturated rings. The zero-order valence-corrected chi connectivity index (χ0v) is 12.8. The predicted octanol–water partition coefficient (Wildman–Crippen LogP) is 2.77. The van der Waals surface area contributed by atoms with Crippen molar-refractivity contribution >= 4 is 40.1 Å². The molecule has 0 aliphatic carbocycles. The Morgan fingerprint density at radius 1 is 1.00 bits per heavy atom. The average molecular weight is 321 g/mol. The summed E-state index contributed by atoms with van der Waals surface area (Å²) in [6.07, 6.45) is 0. The molecular weight excluding hydrogens is 310 g/mol. The molecule has 112 valence electrons. The topological polar surface area (TPSA) is 53.0 Å². The first-order chi connectivity index (χ1) is 11.2. The molecule has 3 heterocycles. The SMILES string of the molecule is O=C1c2ccccc2C(=O)N1c1ccc2c(c1)N1CCN=C1S2. The number of fused-ring (bicyclic) bond motifs is 4. The minimum absolute atomic E-state index is 0.258. The lowest BCUT2D eigenvalue weighted by molar-refractivity contribution is 0.0926. The summed E-state index contributed by atoms with van der Waals surface area (Å²) in [6, 6.07) is 12.7. The first-order valence-electron chi connectivity index (χ1n) is 7.36. The number of amides is 2. The predicted molar refractivity (Wildman–Crippen MR) is 89.5 cm³/mol. The molecule has 5 rings (SSSR count). The number of nitrogens with zero attached hydrogens (tertiary/aromatic N) is 3. The van der Waals surface area contributed by atoms with Crippen molar-refractivity contribution in [2.24, 2.45) is 4.99 Å². The maximum absolute atomic E-state index is 12.6. The third-order valence-electron chi connectivity index (χ3n) is 4.29. The molecule has 0 aromatic heterocycles. The summed E-state index contributed by atoms with van der Waals surface area (Å²) in [6.45, 7) is 1.64. The lowest BCUT2D eigenvalue weighted by Gasteiger charge is -2.17. The van der Waals surface area contributed by atoms with Crippen LogP contribution in [0.3, 0.4) is 0 Å². The third kappa shape index (κ3) is 1.66. The molecule has 0 atom stereocenters. The van der Waals surface area contributed by atoms with Gasteiger partial charge >= 0.3 is 0 Å². The van der Waals surface area contributed by atoms with Crippen LogP contribution in [0.1, 0.15) is 20.7 Å². The van der Waals surface area contributed by atoms with Crippen molar-refractivity contribution in [1.29, 1.82) is 0 Å². The summed E-state index contributed by atoms with van der Waals surface area (Å²) >= 11 is 1.63. The highest BCUT2D eigenvalue weighted by Gasteiger charge is 2.37. The standard InChI is InChI=1S/C17H11N3O2S/c21-15-11-3-1-2-4-12(11)16(22)20(15)10-5-6-14-13(9-10)19-8-7-18-17(19)23-14/h1-6,9H,7-8H2. The number of rotatable bonds is 1. The molecule has 0 saturated heterocycles. The highest BCUT2D eigenvalue weighted by molar-refractivity contribution is 8.14. The lowest BCUT2D eigenvalue weighted by Crippen LogP contribution is -2.29. The molecule has 0 unspecified atom stereocenters. The van der Waals surface area contributed by atoms with E-state index >= 15 is 0 Å². The molecule has 3 aliphatic heterocycles. The molecule has 0 saturated carbocycles. The number of hydrogen-bond acceptors (Lipinski definition) is 5. The number of carbonyl (C=O) groups excluding carboxylic acids is 2. The van der Waals surface area contributed by atoms with Crippen LogP contribution in [0.15, 0.2) is 52.4 Å². The summed E-state index contributed by atoms with van der Waals surface area (Å²) in [5.74, 6) is -0.516. The molecule has 0 spiro atoms. The second kappa shape index (κ2) is 4.45. The van der Waals surface area contributed by atoms with E-state index in [9.17, 15) is 9.59 Å². The second-order valence-corrected chi connectivity index (χ2v) is 6.57. The van der Waals surface area contributed by atoms with E-state index in [1.807, 2.05) is 18.2 Å². The van der Waals surface area contributed by atoms with Crippen molar-refractivity contribution in [3.05, 3.63) is 53.6 Å². The average Bonchev–Trinajstić information content (AvgIpc) is 3.21. The van der Waals surface area contributed by atoms with Crippen molar-refractivity contribution in [2.45, 2.75) is 4.90 Å². The normalized spacial score (nSPS) is 18.2. The van der Waals surface area contributed by atoms with E-state index in [4.69, 9.17) is 0 Å². The van der Waals surface area contributed by atoms with E-state index in [0.29, 0.717) is 16.8 Å². The first kappa shape index (κ1) is 12.9. The van der Waals surface area contributed by atoms with Gasteiger partial charge in [0.15, 0.2) is 5.17 Å². The van der Waals surface area contributed by atoms with Gasteiger partial charge in [-0.15, -0.1) is 0 Å². The van der Waals surface area contributed by atoms with E-state index in [0.717, 1.165) is 28.8 Å². The second-order valence-electron chi connectivity index (χ2n) is 5.56. The number of aliphatic imine (C=N–C) groups is 1. The lowest BCUT2D eigenvalue weighted by atomic mass is 10.1.